The summed E-state index contributed by atoms with van der Waals surface area (Å²) in [5.74, 6) is 0.680. The van der Waals surface area contributed by atoms with E-state index >= 15 is 0 Å². The van der Waals surface area contributed by atoms with E-state index in [4.69, 9.17) is 26.5 Å². The van der Waals surface area contributed by atoms with Crippen molar-refractivity contribution in [3.05, 3.63) is 69.5 Å². The summed E-state index contributed by atoms with van der Waals surface area (Å²) < 4.78 is 10.8. The van der Waals surface area contributed by atoms with E-state index in [-0.39, 0.29) is 6.61 Å². The van der Waals surface area contributed by atoms with Gasteiger partial charge in [0.2, 0.25) is 0 Å². The van der Waals surface area contributed by atoms with Crippen molar-refractivity contribution in [2.24, 2.45) is 0 Å². The molecule has 3 rings (SSSR count). The molecule has 0 fully saturated rings. The van der Waals surface area contributed by atoms with Crippen LogP contribution in [0.2, 0.25) is 5.02 Å². The summed E-state index contributed by atoms with van der Waals surface area (Å²) in [4.78, 5) is 11.6. The van der Waals surface area contributed by atoms with Crippen LogP contribution in [0.15, 0.2) is 57.7 Å². The van der Waals surface area contributed by atoms with Gasteiger partial charge in [-0.1, -0.05) is 11.6 Å². The Morgan fingerprint density at radius 2 is 1.86 bits per heavy atom. The lowest BCUT2D eigenvalue weighted by atomic mass is 10.1. The molecule has 5 heteroatoms. The number of hydrogen-bond donors (Lipinski definition) is 1. The maximum absolute atomic E-state index is 11.6. The fourth-order valence-corrected chi connectivity index (χ4v) is 2.21. The fourth-order valence-electron chi connectivity index (χ4n) is 2.05. The van der Waals surface area contributed by atoms with Crippen molar-refractivity contribution in [1.29, 1.82) is 0 Å². The van der Waals surface area contributed by atoms with Crippen molar-refractivity contribution in [3.8, 4) is 5.75 Å². The van der Waals surface area contributed by atoms with Gasteiger partial charge in [-0.05, 0) is 36.4 Å². The van der Waals surface area contributed by atoms with Gasteiger partial charge < -0.3 is 14.9 Å². The van der Waals surface area contributed by atoms with Crippen LogP contribution in [-0.4, -0.2) is 0 Å². The van der Waals surface area contributed by atoms with Crippen LogP contribution in [0.4, 0.5) is 5.69 Å². The summed E-state index contributed by atoms with van der Waals surface area (Å²) >= 11 is 5.91. The quantitative estimate of drug-likeness (QED) is 0.593. The van der Waals surface area contributed by atoms with E-state index in [0.29, 0.717) is 22.0 Å². The maximum atomic E-state index is 11.6. The highest BCUT2D eigenvalue weighted by Crippen LogP contribution is 2.22. The molecule has 0 radical (unpaired) electrons. The Balaban J connectivity index is 1.93. The summed E-state index contributed by atoms with van der Waals surface area (Å²) in [6.07, 6.45) is 0. The van der Waals surface area contributed by atoms with E-state index in [1.807, 2.05) is 6.07 Å². The Labute approximate surface area is 125 Å². The largest absolute Gasteiger partial charge is 0.489 e. The summed E-state index contributed by atoms with van der Waals surface area (Å²) in [7, 11) is 0. The SMILES string of the molecule is Nc1ccc(OCc2cc(=O)oc3cc(Cl)ccc23)cc1. The predicted octanol–water partition coefficient (Wildman–Crippen LogP) is 3.61. The summed E-state index contributed by atoms with van der Waals surface area (Å²) in [6.45, 7) is 0.258. The minimum Gasteiger partial charge on any atom is -0.489 e. The molecule has 0 saturated carbocycles. The Kier molecular flexibility index (Phi) is 3.54. The van der Waals surface area contributed by atoms with Crippen LogP contribution < -0.4 is 16.1 Å². The van der Waals surface area contributed by atoms with Crippen LogP contribution in [-0.2, 0) is 6.61 Å². The van der Waals surface area contributed by atoms with Gasteiger partial charge >= 0.3 is 5.63 Å². The lowest BCUT2D eigenvalue weighted by Crippen LogP contribution is -2.04. The first-order valence-electron chi connectivity index (χ1n) is 6.32. The zero-order valence-corrected chi connectivity index (χ0v) is 11.8. The minimum absolute atomic E-state index is 0.258. The Morgan fingerprint density at radius 1 is 1.10 bits per heavy atom. The third kappa shape index (κ3) is 3.01. The van der Waals surface area contributed by atoms with E-state index in [0.717, 1.165) is 10.9 Å². The second-order valence-corrected chi connectivity index (χ2v) is 5.03. The zero-order valence-electron chi connectivity index (χ0n) is 11.0. The number of nitrogen functional groups attached to an aromatic ring is 1. The first kappa shape index (κ1) is 13.5. The number of ether oxygens (including phenoxy) is 1. The molecular weight excluding hydrogens is 290 g/mol. The summed E-state index contributed by atoms with van der Waals surface area (Å²) in [5, 5.41) is 1.32. The maximum Gasteiger partial charge on any atom is 0.336 e. The van der Waals surface area contributed by atoms with Gasteiger partial charge in [0.1, 0.15) is 17.9 Å². The number of halogens is 1. The van der Waals surface area contributed by atoms with Crippen molar-refractivity contribution in [2.45, 2.75) is 6.61 Å². The monoisotopic (exact) mass is 301 g/mol. The number of hydrogen-bond acceptors (Lipinski definition) is 4. The van der Waals surface area contributed by atoms with Gasteiger partial charge in [-0.3, -0.25) is 0 Å². The van der Waals surface area contributed by atoms with Gasteiger partial charge in [0.05, 0.1) is 0 Å². The average molecular weight is 302 g/mol. The highest BCUT2D eigenvalue weighted by atomic mass is 35.5. The third-order valence-electron chi connectivity index (χ3n) is 3.07. The first-order valence-corrected chi connectivity index (χ1v) is 6.70. The van der Waals surface area contributed by atoms with Crippen LogP contribution in [0.5, 0.6) is 5.75 Å². The molecule has 4 nitrogen and oxygen atoms in total. The minimum atomic E-state index is -0.430. The Morgan fingerprint density at radius 3 is 2.62 bits per heavy atom. The molecule has 0 bridgehead atoms. The van der Waals surface area contributed by atoms with E-state index < -0.39 is 5.63 Å². The van der Waals surface area contributed by atoms with Gasteiger partial charge in [0.15, 0.2) is 0 Å². The molecule has 0 amide bonds. The van der Waals surface area contributed by atoms with Gasteiger partial charge in [-0.15, -0.1) is 0 Å². The molecule has 106 valence electrons. The van der Waals surface area contributed by atoms with Crippen molar-refractivity contribution in [1.82, 2.24) is 0 Å². The predicted molar refractivity (Wildman–Crippen MR) is 82.7 cm³/mol. The van der Waals surface area contributed by atoms with Crippen LogP contribution >= 0.6 is 11.6 Å². The molecule has 0 aliphatic rings. The lowest BCUT2D eigenvalue weighted by molar-refractivity contribution is 0.306. The molecule has 21 heavy (non-hydrogen) atoms. The van der Waals surface area contributed by atoms with E-state index in [9.17, 15) is 4.79 Å². The average Bonchev–Trinajstić information content (AvgIpc) is 2.45. The van der Waals surface area contributed by atoms with Gasteiger partial charge in [-0.2, -0.15) is 0 Å². The van der Waals surface area contributed by atoms with Crippen molar-refractivity contribution >= 4 is 28.3 Å². The zero-order chi connectivity index (χ0) is 14.8. The Hall–Kier alpha value is -2.46. The molecule has 1 aromatic heterocycles. The molecule has 1 heterocycles. The first-order chi connectivity index (χ1) is 10.1. The third-order valence-corrected chi connectivity index (χ3v) is 3.30. The molecule has 0 saturated heterocycles. The lowest BCUT2D eigenvalue weighted by Gasteiger charge is -2.08. The van der Waals surface area contributed by atoms with Crippen molar-refractivity contribution in [3.63, 3.8) is 0 Å². The van der Waals surface area contributed by atoms with Gasteiger partial charge in [-0.25, -0.2) is 4.79 Å². The molecule has 0 aliphatic carbocycles. The number of anilines is 1. The number of nitrogens with two attached hydrogens (primary N) is 1. The van der Waals surface area contributed by atoms with Crippen LogP contribution in [0, 0.1) is 0 Å². The van der Waals surface area contributed by atoms with Gasteiger partial charge in [0, 0.05) is 33.8 Å². The van der Waals surface area contributed by atoms with E-state index in [1.54, 1.807) is 36.4 Å². The molecule has 2 aromatic carbocycles. The standard InChI is InChI=1S/C16H12ClNO3/c17-11-1-6-14-10(7-16(19)21-15(14)8-11)9-20-13-4-2-12(18)3-5-13/h1-8H,9,18H2. The number of fused-ring (bicyclic) bond motifs is 1. The molecule has 0 atom stereocenters. The normalized spacial score (nSPS) is 10.7. The van der Waals surface area contributed by atoms with Crippen LogP contribution in [0.3, 0.4) is 0 Å². The van der Waals surface area contributed by atoms with Crippen molar-refractivity contribution in [2.75, 3.05) is 5.73 Å². The Bertz CT molecular complexity index is 840. The highest BCUT2D eigenvalue weighted by molar-refractivity contribution is 6.31. The number of rotatable bonds is 3. The molecular formula is C16H12ClNO3. The van der Waals surface area contributed by atoms with E-state index in [2.05, 4.69) is 0 Å². The highest BCUT2D eigenvalue weighted by Gasteiger charge is 2.07. The molecule has 3 aromatic rings. The fraction of sp³-hybridized carbons (Fsp3) is 0.0625. The molecule has 0 aliphatic heterocycles. The molecule has 0 spiro atoms. The summed E-state index contributed by atoms with van der Waals surface area (Å²) in [5.41, 5.74) is 7.05. The topological polar surface area (TPSA) is 65.5 Å². The number of benzene rings is 2. The second kappa shape index (κ2) is 5.50. The van der Waals surface area contributed by atoms with Crippen molar-refractivity contribution < 1.29 is 9.15 Å². The summed E-state index contributed by atoms with van der Waals surface area (Å²) in [6, 6.07) is 13.7. The van der Waals surface area contributed by atoms with E-state index in [1.165, 1.54) is 6.07 Å². The van der Waals surface area contributed by atoms with Gasteiger partial charge in [0.25, 0.3) is 0 Å². The van der Waals surface area contributed by atoms with Crippen LogP contribution in [0.25, 0.3) is 11.0 Å². The smallest absolute Gasteiger partial charge is 0.336 e. The second-order valence-electron chi connectivity index (χ2n) is 4.59. The molecule has 0 unspecified atom stereocenters. The molecule has 2 N–H and O–H groups in total. The van der Waals surface area contributed by atoms with Crippen LogP contribution in [0.1, 0.15) is 5.56 Å².